The molecule has 1 fully saturated rings. The standard InChI is InChI=1S/C21H22N8/c1-28-9-11-29(12-10-28)19-7-5-17(6-8-19)25-21-26-20(15-23-27-21)24-18-4-2-3-16(13-18)14-22/h2-8,13,15H,9-12H2,1H3,(H2,24,25,26,27). The maximum absolute atomic E-state index is 9.02. The summed E-state index contributed by atoms with van der Waals surface area (Å²) in [6.45, 7) is 4.24. The van der Waals surface area contributed by atoms with Gasteiger partial charge < -0.3 is 20.4 Å². The summed E-state index contributed by atoms with van der Waals surface area (Å²) < 4.78 is 0. The number of hydrogen-bond donors (Lipinski definition) is 2. The first-order valence-corrected chi connectivity index (χ1v) is 9.47. The summed E-state index contributed by atoms with van der Waals surface area (Å²) in [7, 11) is 2.15. The smallest absolute Gasteiger partial charge is 0.249 e. The zero-order valence-electron chi connectivity index (χ0n) is 16.2. The summed E-state index contributed by atoms with van der Waals surface area (Å²) in [6, 6.07) is 17.6. The third-order valence-corrected chi connectivity index (χ3v) is 4.81. The number of likely N-dealkylation sites (N-methyl/N-ethyl adjacent to an activating group) is 1. The van der Waals surface area contributed by atoms with E-state index in [-0.39, 0.29) is 0 Å². The number of piperazine rings is 1. The van der Waals surface area contributed by atoms with Crippen molar-refractivity contribution in [3.8, 4) is 6.07 Å². The Balaban J connectivity index is 1.42. The summed E-state index contributed by atoms with van der Waals surface area (Å²) >= 11 is 0. The fourth-order valence-electron chi connectivity index (χ4n) is 3.18. The van der Waals surface area contributed by atoms with E-state index in [1.165, 1.54) is 5.69 Å². The van der Waals surface area contributed by atoms with E-state index >= 15 is 0 Å². The molecule has 1 aliphatic rings. The fourth-order valence-corrected chi connectivity index (χ4v) is 3.18. The first-order chi connectivity index (χ1) is 14.2. The number of anilines is 5. The van der Waals surface area contributed by atoms with Crippen molar-refractivity contribution >= 4 is 28.8 Å². The van der Waals surface area contributed by atoms with Gasteiger partial charge in [-0.3, -0.25) is 0 Å². The molecule has 0 aliphatic carbocycles. The monoisotopic (exact) mass is 386 g/mol. The van der Waals surface area contributed by atoms with Gasteiger partial charge in [0.1, 0.15) is 0 Å². The van der Waals surface area contributed by atoms with E-state index in [1.54, 1.807) is 18.3 Å². The lowest BCUT2D eigenvalue weighted by atomic mass is 10.2. The van der Waals surface area contributed by atoms with Gasteiger partial charge >= 0.3 is 0 Å². The molecule has 8 nitrogen and oxygen atoms in total. The van der Waals surface area contributed by atoms with Crippen LogP contribution in [0.15, 0.2) is 54.7 Å². The lowest BCUT2D eigenvalue weighted by Gasteiger charge is -2.34. The number of aromatic nitrogens is 3. The maximum atomic E-state index is 9.02. The third-order valence-electron chi connectivity index (χ3n) is 4.81. The second-order valence-electron chi connectivity index (χ2n) is 6.95. The van der Waals surface area contributed by atoms with Crippen LogP contribution in [-0.2, 0) is 0 Å². The Morgan fingerprint density at radius 3 is 2.52 bits per heavy atom. The van der Waals surface area contributed by atoms with Gasteiger partial charge in [0.05, 0.1) is 17.8 Å². The molecule has 0 unspecified atom stereocenters. The van der Waals surface area contributed by atoms with E-state index in [0.29, 0.717) is 17.3 Å². The summed E-state index contributed by atoms with van der Waals surface area (Å²) in [5.74, 6) is 0.949. The van der Waals surface area contributed by atoms with E-state index in [4.69, 9.17) is 5.26 Å². The molecule has 0 amide bonds. The molecule has 4 rings (SSSR count). The molecule has 2 heterocycles. The van der Waals surface area contributed by atoms with E-state index < -0.39 is 0 Å². The lowest BCUT2D eigenvalue weighted by Crippen LogP contribution is -2.44. The molecule has 0 bridgehead atoms. The molecule has 0 spiro atoms. The highest BCUT2D eigenvalue weighted by Crippen LogP contribution is 2.22. The number of nitrogens with zero attached hydrogens (tertiary/aromatic N) is 6. The molecule has 0 atom stereocenters. The number of benzene rings is 2. The Morgan fingerprint density at radius 1 is 0.966 bits per heavy atom. The van der Waals surface area contributed by atoms with Gasteiger partial charge in [0, 0.05) is 43.2 Å². The third kappa shape index (κ3) is 4.78. The average molecular weight is 386 g/mol. The van der Waals surface area contributed by atoms with Crippen molar-refractivity contribution in [2.24, 2.45) is 0 Å². The van der Waals surface area contributed by atoms with Crippen LogP contribution >= 0.6 is 0 Å². The van der Waals surface area contributed by atoms with E-state index in [0.717, 1.165) is 37.6 Å². The van der Waals surface area contributed by atoms with Gasteiger partial charge in [0.15, 0.2) is 5.82 Å². The predicted octanol–water partition coefficient (Wildman–Crippen LogP) is 2.98. The Kier molecular flexibility index (Phi) is 5.49. The van der Waals surface area contributed by atoms with Crippen LogP contribution in [0.25, 0.3) is 0 Å². The quantitative estimate of drug-likeness (QED) is 0.691. The van der Waals surface area contributed by atoms with Crippen molar-refractivity contribution < 1.29 is 0 Å². The molecule has 3 aromatic rings. The van der Waals surface area contributed by atoms with Crippen LogP contribution in [0.3, 0.4) is 0 Å². The Bertz CT molecular complexity index is 1000. The van der Waals surface area contributed by atoms with Crippen LogP contribution in [0, 0.1) is 11.3 Å². The molecular weight excluding hydrogens is 364 g/mol. The summed E-state index contributed by atoms with van der Waals surface area (Å²) in [5.41, 5.74) is 3.46. The first-order valence-electron chi connectivity index (χ1n) is 9.47. The highest BCUT2D eigenvalue weighted by Gasteiger charge is 2.14. The van der Waals surface area contributed by atoms with Crippen LogP contribution in [-0.4, -0.2) is 53.3 Å². The molecule has 1 aromatic heterocycles. The van der Waals surface area contributed by atoms with Gasteiger partial charge in [-0.2, -0.15) is 15.3 Å². The second kappa shape index (κ2) is 8.54. The van der Waals surface area contributed by atoms with Crippen molar-refractivity contribution in [1.82, 2.24) is 20.1 Å². The molecule has 2 N–H and O–H groups in total. The van der Waals surface area contributed by atoms with Gasteiger partial charge in [-0.05, 0) is 49.5 Å². The average Bonchev–Trinajstić information content (AvgIpc) is 2.75. The summed E-state index contributed by atoms with van der Waals surface area (Å²) in [6.07, 6.45) is 1.54. The first kappa shape index (κ1) is 18.7. The summed E-state index contributed by atoms with van der Waals surface area (Å²) in [4.78, 5) is 9.18. The molecule has 8 heteroatoms. The molecule has 146 valence electrons. The van der Waals surface area contributed by atoms with Gasteiger partial charge in [-0.1, -0.05) is 6.07 Å². The van der Waals surface area contributed by atoms with Crippen LogP contribution in [0.2, 0.25) is 0 Å². The summed E-state index contributed by atoms with van der Waals surface area (Å²) in [5, 5.41) is 23.4. The molecule has 2 aromatic carbocycles. The Labute approximate surface area is 169 Å². The van der Waals surface area contributed by atoms with E-state index in [2.05, 4.69) is 60.9 Å². The second-order valence-corrected chi connectivity index (χ2v) is 6.95. The maximum Gasteiger partial charge on any atom is 0.249 e. The van der Waals surface area contributed by atoms with Gasteiger partial charge in [0.25, 0.3) is 0 Å². The van der Waals surface area contributed by atoms with Crippen LogP contribution < -0.4 is 15.5 Å². The van der Waals surface area contributed by atoms with Crippen molar-refractivity contribution in [2.45, 2.75) is 0 Å². The molecule has 1 aliphatic heterocycles. The van der Waals surface area contributed by atoms with Gasteiger partial charge in [-0.25, -0.2) is 0 Å². The zero-order valence-corrected chi connectivity index (χ0v) is 16.2. The number of nitrogens with one attached hydrogen (secondary N) is 2. The van der Waals surface area contributed by atoms with E-state index in [1.807, 2.05) is 24.3 Å². The minimum Gasteiger partial charge on any atom is -0.369 e. The van der Waals surface area contributed by atoms with Crippen molar-refractivity contribution in [3.63, 3.8) is 0 Å². The van der Waals surface area contributed by atoms with Crippen LogP contribution in [0.4, 0.5) is 28.8 Å². The van der Waals surface area contributed by atoms with Crippen LogP contribution in [0.1, 0.15) is 5.56 Å². The normalized spacial score (nSPS) is 14.3. The number of rotatable bonds is 5. The number of nitriles is 1. The molecule has 1 saturated heterocycles. The van der Waals surface area contributed by atoms with Crippen molar-refractivity contribution in [1.29, 1.82) is 5.26 Å². The minimum absolute atomic E-state index is 0.402. The van der Waals surface area contributed by atoms with E-state index in [9.17, 15) is 0 Å². The molecule has 0 radical (unpaired) electrons. The molecule has 0 saturated carbocycles. The predicted molar refractivity (Wildman–Crippen MR) is 114 cm³/mol. The minimum atomic E-state index is 0.402. The Morgan fingerprint density at radius 2 is 1.76 bits per heavy atom. The Hall–Kier alpha value is -3.70. The SMILES string of the molecule is CN1CCN(c2ccc(Nc3nncc(Nc4cccc(C#N)c4)n3)cc2)CC1. The van der Waals surface area contributed by atoms with Gasteiger partial charge in [-0.15, -0.1) is 5.10 Å². The molecule has 29 heavy (non-hydrogen) atoms. The zero-order chi connectivity index (χ0) is 20.1. The lowest BCUT2D eigenvalue weighted by molar-refractivity contribution is 0.313. The largest absolute Gasteiger partial charge is 0.369 e. The number of hydrogen-bond acceptors (Lipinski definition) is 8. The van der Waals surface area contributed by atoms with Gasteiger partial charge in [0.2, 0.25) is 5.95 Å². The van der Waals surface area contributed by atoms with Crippen LogP contribution in [0.5, 0.6) is 0 Å². The highest BCUT2D eigenvalue weighted by molar-refractivity contribution is 5.62. The fraction of sp³-hybridized carbons (Fsp3) is 0.238. The van der Waals surface area contributed by atoms with Crippen molar-refractivity contribution in [3.05, 3.63) is 60.3 Å². The van der Waals surface area contributed by atoms with Crippen molar-refractivity contribution in [2.75, 3.05) is 48.8 Å². The topological polar surface area (TPSA) is 93.0 Å². The highest BCUT2D eigenvalue weighted by atomic mass is 15.3. The molecular formula is C21H22N8.